The number of sulfonamides is 1. The lowest BCUT2D eigenvalue weighted by Crippen LogP contribution is -2.31. The Bertz CT molecular complexity index is 939. The highest BCUT2D eigenvalue weighted by Crippen LogP contribution is 2.36. The molecule has 1 aliphatic rings. The van der Waals surface area contributed by atoms with Gasteiger partial charge in [-0.1, -0.05) is 18.2 Å². The number of rotatable bonds is 3. The SMILES string of the molecule is O=S(=O)(c1ccccc1)N1CCC[C@H]1c1ccnc2ncnn12. The predicted molar refractivity (Wildman–Crippen MR) is 83.1 cm³/mol. The third-order valence-electron chi connectivity index (χ3n) is 4.10. The van der Waals surface area contributed by atoms with Gasteiger partial charge in [-0.2, -0.15) is 18.9 Å². The van der Waals surface area contributed by atoms with Gasteiger partial charge in [-0.3, -0.25) is 0 Å². The molecule has 3 aromatic rings. The zero-order valence-electron chi connectivity index (χ0n) is 12.3. The molecule has 1 atom stereocenters. The zero-order chi connectivity index (χ0) is 15.9. The Kier molecular flexibility index (Phi) is 3.35. The summed E-state index contributed by atoms with van der Waals surface area (Å²) < 4.78 is 29.1. The average molecular weight is 329 g/mol. The fourth-order valence-electron chi connectivity index (χ4n) is 3.06. The van der Waals surface area contributed by atoms with Gasteiger partial charge in [0.05, 0.1) is 16.6 Å². The van der Waals surface area contributed by atoms with Crippen LogP contribution in [0.15, 0.2) is 53.8 Å². The maximum absolute atomic E-state index is 13.0. The van der Waals surface area contributed by atoms with E-state index in [4.69, 9.17) is 0 Å². The second-order valence-electron chi connectivity index (χ2n) is 5.43. The monoisotopic (exact) mass is 329 g/mol. The number of aromatic nitrogens is 4. The van der Waals surface area contributed by atoms with Crippen LogP contribution in [0.25, 0.3) is 5.78 Å². The molecule has 8 heteroatoms. The fourth-order valence-corrected chi connectivity index (χ4v) is 4.75. The second kappa shape index (κ2) is 5.39. The molecule has 1 saturated heterocycles. The normalized spacial score (nSPS) is 19.4. The molecule has 0 N–H and O–H groups in total. The Labute approximate surface area is 133 Å². The van der Waals surface area contributed by atoms with E-state index in [0.717, 1.165) is 18.5 Å². The minimum Gasteiger partial charge on any atom is -0.220 e. The third-order valence-corrected chi connectivity index (χ3v) is 6.03. The summed E-state index contributed by atoms with van der Waals surface area (Å²) in [5, 5.41) is 4.17. The molecule has 23 heavy (non-hydrogen) atoms. The van der Waals surface area contributed by atoms with E-state index in [1.54, 1.807) is 39.3 Å². The standard InChI is InChI=1S/C15H15N5O2S/c21-23(22,12-5-2-1-3-6-12)19-10-4-7-13(19)14-8-9-16-15-17-11-18-20(14)15/h1-3,5-6,8-9,11,13H,4,7,10H2/t13-/m0/s1. The van der Waals surface area contributed by atoms with E-state index in [-0.39, 0.29) is 6.04 Å². The number of fused-ring (bicyclic) bond motifs is 1. The molecule has 0 radical (unpaired) electrons. The Balaban J connectivity index is 1.80. The van der Waals surface area contributed by atoms with Crippen LogP contribution in [0, 0.1) is 0 Å². The van der Waals surface area contributed by atoms with Crippen LogP contribution in [0.2, 0.25) is 0 Å². The van der Waals surface area contributed by atoms with E-state index in [1.807, 2.05) is 12.1 Å². The molecule has 0 spiro atoms. The lowest BCUT2D eigenvalue weighted by Gasteiger charge is -2.24. The summed E-state index contributed by atoms with van der Waals surface area (Å²) in [6, 6.07) is 10.1. The number of benzene rings is 1. The van der Waals surface area contributed by atoms with Gasteiger partial charge in [-0.25, -0.2) is 13.4 Å². The van der Waals surface area contributed by atoms with Crippen molar-refractivity contribution >= 4 is 15.8 Å². The number of hydrogen-bond acceptors (Lipinski definition) is 5. The molecule has 1 fully saturated rings. The van der Waals surface area contributed by atoms with Crippen LogP contribution in [-0.2, 0) is 10.0 Å². The molecule has 118 valence electrons. The molecule has 3 heterocycles. The lowest BCUT2D eigenvalue weighted by atomic mass is 10.1. The van der Waals surface area contributed by atoms with Crippen molar-refractivity contribution in [3.05, 3.63) is 54.6 Å². The van der Waals surface area contributed by atoms with Crippen LogP contribution in [0.1, 0.15) is 24.6 Å². The maximum atomic E-state index is 13.0. The molecule has 7 nitrogen and oxygen atoms in total. The van der Waals surface area contributed by atoms with Crippen molar-refractivity contribution in [1.29, 1.82) is 0 Å². The molecule has 0 amide bonds. The third kappa shape index (κ3) is 2.30. The van der Waals surface area contributed by atoms with Crippen molar-refractivity contribution in [2.75, 3.05) is 6.54 Å². The Hall–Kier alpha value is -2.32. The first-order chi connectivity index (χ1) is 11.2. The molecule has 2 aromatic heterocycles. The van der Waals surface area contributed by atoms with Gasteiger partial charge in [-0.05, 0) is 31.0 Å². The van der Waals surface area contributed by atoms with E-state index in [2.05, 4.69) is 15.1 Å². The summed E-state index contributed by atoms with van der Waals surface area (Å²) in [4.78, 5) is 8.52. The lowest BCUT2D eigenvalue weighted by molar-refractivity contribution is 0.385. The second-order valence-corrected chi connectivity index (χ2v) is 7.32. The summed E-state index contributed by atoms with van der Waals surface area (Å²) >= 11 is 0. The maximum Gasteiger partial charge on any atom is 0.252 e. The van der Waals surface area contributed by atoms with Gasteiger partial charge in [0.15, 0.2) is 0 Å². The first kappa shape index (κ1) is 14.3. The zero-order valence-corrected chi connectivity index (χ0v) is 13.1. The highest BCUT2D eigenvalue weighted by Gasteiger charge is 2.37. The minimum atomic E-state index is -3.54. The van der Waals surface area contributed by atoms with Gasteiger partial charge >= 0.3 is 0 Å². The topological polar surface area (TPSA) is 80.5 Å². The highest BCUT2D eigenvalue weighted by atomic mass is 32.2. The average Bonchev–Trinajstić information content (AvgIpc) is 3.24. The van der Waals surface area contributed by atoms with E-state index in [1.165, 1.54) is 6.33 Å². The van der Waals surface area contributed by atoms with E-state index < -0.39 is 10.0 Å². The van der Waals surface area contributed by atoms with Crippen LogP contribution >= 0.6 is 0 Å². The van der Waals surface area contributed by atoms with E-state index in [0.29, 0.717) is 17.2 Å². The molecule has 0 saturated carbocycles. The van der Waals surface area contributed by atoms with Crippen molar-refractivity contribution in [1.82, 2.24) is 23.9 Å². The van der Waals surface area contributed by atoms with Crippen molar-refractivity contribution < 1.29 is 8.42 Å². The Morgan fingerprint density at radius 1 is 1.09 bits per heavy atom. The van der Waals surface area contributed by atoms with Gasteiger partial charge < -0.3 is 0 Å². The Morgan fingerprint density at radius 3 is 2.74 bits per heavy atom. The summed E-state index contributed by atoms with van der Waals surface area (Å²) in [6.45, 7) is 0.500. The van der Waals surface area contributed by atoms with Gasteiger partial charge in [0.2, 0.25) is 10.0 Å². The molecule has 0 bridgehead atoms. The molecule has 0 aliphatic carbocycles. The van der Waals surface area contributed by atoms with Crippen molar-refractivity contribution in [2.24, 2.45) is 0 Å². The van der Waals surface area contributed by atoms with Crippen molar-refractivity contribution in [2.45, 2.75) is 23.8 Å². The first-order valence-corrected chi connectivity index (χ1v) is 8.83. The van der Waals surface area contributed by atoms with Crippen LogP contribution in [0.3, 0.4) is 0 Å². The number of nitrogens with zero attached hydrogens (tertiary/aromatic N) is 5. The van der Waals surface area contributed by atoms with Gasteiger partial charge in [-0.15, -0.1) is 0 Å². The highest BCUT2D eigenvalue weighted by molar-refractivity contribution is 7.89. The van der Waals surface area contributed by atoms with Gasteiger partial charge in [0, 0.05) is 12.7 Å². The van der Waals surface area contributed by atoms with Crippen LogP contribution in [0.4, 0.5) is 0 Å². The molecule has 1 aliphatic heterocycles. The van der Waals surface area contributed by atoms with E-state index >= 15 is 0 Å². The summed E-state index contributed by atoms with van der Waals surface area (Å²) in [5.74, 6) is 0.478. The summed E-state index contributed by atoms with van der Waals surface area (Å²) in [5.41, 5.74) is 0.796. The molecule has 1 aromatic carbocycles. The van der Waals surface area contributed by atoms with E-state index in [9.17, 15) is 8.42 Å². The molecule has 4 rings (SSSR count). The van der Waals surface area contributed by atoms with Crippen LogP contribution in [-0.4, -0.2) is 38.8 Å². The first-order valence-electron chi connectivity index (χ1n) is 7.39. The van der Waals surface area contributed by atoms with Gasteiger partial charge in [0.1, 0.15) is 6.33 Å². The number of hydrogen-bond donors (Lipinski definition) is 0. The summed E-state index contributed by atoms with van der Waals surface area (Å²) in [6.07, 6.45) is 4.64. The van der Waals surface area contributed by atoms with Crippen molar-refractivity contribution in [3.8, 4) is 0 Å². The van der Waals surface area contributed by atoms with Gasteiger partial charge in [0.25, 0.3) is 5.78 Å². The summed E-state index contributed by atoms with van der Waals surface area (Å²) in [7, 11) is -3.54. The Morgan fingerprint density at radius 2 is 1.91 bits per heavy atom. The molecular formula is C15H15N5O2S. The molecule has 0 unspecified atom stereocenters. The predicted octanol–water partition coefficient (Wildman–Crippen LogP) is 1.65. The molecular weight excluding hydrogens is 314 g/mol. The van der Waals surface area contributed by atoms with Crippen molar-refractivity contribution in [3.63, 3.8) is 0 Å². The fraction of sp³-hybridized carbons (Fsp3) is 0.267. The van der Waals surface area contributed by atoms with Crippen LogP contribution < -0.4 is 0 Å². The quantitative estimate of drug-likeness (QED) is 0.730. The smallest absolute Gasteiger partial charge is 0.220 e. The minimum absolute atomic E-state index is 0.257. The largest absolute Gasteiger partial charge is 0.252 e. The van der Waals surface area contributed by atoms with Crippen LogP contribution in [0.5, 0.6) is 0 Å².